The predicted molar refractivity (Wildman–Crippen MR) is 135 cm³/mol. The smallest absolute Gasteiger partial charge is 0.333 e. The van der Waals surface area contributed by atoms with Crippen molar-refractivity contribution in [3.8, 4) is 11.4 Å². The first kappa shape index (κ1) is 27.3. The van der Waals surface area contributed by atoms with Crippen LogP contribution >= 0.6 is 0 Å². The van der Waals surface area contributed by atoms with Crippen LogP contribution in [-0.2, 0) is 21.0 Å². The summed E-state index contributed by atoms with van der Waals surface area (Å²) in [5.74, 6) is -0.199. The minimum Gasteiger partial charge on any atom is -0.391 e. The summed E-state index contributed by atoms with van der Waals surface area (Å²) in [7, 11) is -3.27. The third-order valence-corrected chi connectivity index (χ3v) is 8.25. The van der Waals surface area contributed by atoms with Gasteiger partial charge >= 0.3 is 6.55 Å². The molecule has 202 valence electrons. The van der Waals surface area contributed by atoms with Crippen LogP contribution in [0.1, 0.15) is 24.7 Å². The summed E-state index contributed by atoms with van der Waals surface area (Å²) in [4.78, 5) is 10.1. The number of aryl methyl sites for hydroxylation is 1. The Morgan fingerprint density at radius 1 is 1.32 bits per heavy atom. The number of nitrogen functional groups attached to an aromatic ring is 1. The van der Waals surface area contributed by atoms with E-state index in [0.717, 1.165) is 0 Å². The largest absolute Gasteiger partial charge is 0.391 e. The number of halogens is 2. The topological polar surface area (TPSA) is 136 Å². The van der Waals surface area contributed by atoms with Gasteiger partial charge in [-0.1, -0.05) is 31.2 Å². The van der Waals surface area contributed by atoms with Crippen LogP contribution in [0.4, 0.5) is 14.7 Å². The molecule has 2 aromatic rings. The average Bonchev–Trinajstić information content (AvgIpc) is 3.15. The van der Waals surface area contributed by atoms with E-state index in [2.05, 4.69) is 15.1 Å². The highest BCUT2D eigenvalue weighted by molar-refractivity contribution is 7.91. The second-order valence-electron chi connectivity index (χ2n) is 9.80. The molecule has 1 fully saturated rings. The second-order valence-corrected chi connectivity index (χ2v) is 12.0. The first-order valence-corrected chi connectivity index (χ1v) is 13.8. The highest BCUT2D eigenvalue weighted by atomic mass is 32.2. The van der Waals surface area contributed by atoms with Crippen LogP contribution in [0, 0.1) is 12.3 Å². The van der Waals surface area contributed by atoms with Gasteiger partial charge in [0.15, 0.2) is 9.84 Å². The van der Waals surface area contributed by atoms with E-state index in [0.29, 0.717) is 53.4 Å². The van der Waals surface area contributed by atoms with E-state index in [9.17, 15) is 22.3 Å². The van der Waals surface area contributed by atoms with Gasteiger partial charge in [-0.3, -0.25) is 4.90 Å². The van der Waals surface area contributed by atoms with Gasteiger partial charge in [0, 0.05) is 42.5 Å². The maximum absolute atomic E-state index is 13.6. The molecule has 1 aliphatic carbocycles. The molecule has 0 radical (unpaired) electrons. The van der Waals surface area contributed by atoms with Gasteiger partial charge in [0.1, 0.15) is 5.69 Å². The van der Waals surface area contributed by atoms with Crippen molar-refractivity contribution < 1.29 is 27.0 Å². The Morgan fingerprint density at radius 2 is 2.11 bits per heavy atom. The van der Waals surface area contributed by atoms with Crippen LogP contribution in [-0.4, -0.2) is 88.1 Å². The summed E-state index contributed by atoms with van der Waals surface area (Å²) in [6, 6.07) is 1.65. The van der Waals surface area contributed by atoms with Gasteiger partial charge < -0.3 is 15.6 Å². The number of rotatable bonds is 8. The number of anilines is 1. The molecular formula is C24H32F2N6O4S. The number of nitrogens with zero attached hydrogens (tertiary/aromatic N) is 5. The summed E-state index contributed by atoms with van der Waals surface area (Å²) in [5, 5.41) is 14.1. The lowest BCUT2D eigenvalue weighted by atomic mass is 9.76. The van der Waals surface area contributed by atoms with E-state index in [1.807, 2.05) is 36.1 Å². The average molecular weight is 539 g/mol. The van der Waals surface area contributed by atoms with Crippen LogP contribution in [0.15, 0.2) is 36.6 Å². The quantitative estimate of drug-likeness (QED) is 0.515. The number of sulfone groups is 1. The predicted octanol–water partition coefficient (Wildman–Crippen LogP) is 1.78. The van der Waals surface area contributed by atoms with Gasteiger partial charge in [-0.2, -0.15) is 13.9 Å². The van der Waals surface area contributed by atoms with Crippen LogP contribution in [0.5, 0.6) is 0 Å². The molecule has 0 aromatic carbocycles. The number of ether oxygens (including phenoxy) is 1. The zero-order valence-electron chi connectivity index (χ0n) is 20.8. The van der Waals surface area contributed by atoms with E-state index in [1.165, 1.54) is 6.20 Å². The number of aliphatic hydroxyl groups excluding tert-OH is 1. The molecule has 4 rings (SSSR count). The van der Waals surface area contributed by atoms with Crippen molar-refractivity contribution in [3.05, 3.63) is 47.8 Å². The molecule has 0 amide bonds. The summed E-state index contributed by atoms with van der Waals surface area (Å²) < 4.78 is 57.8. The van der Waals surface area contributed by atoms with Crippen molar-refractivity contribution in [2.75, 3.05) is 43.5 Å². The van der Waals surface area contributed by atoms with Crippen molar-refractivity contribution >= 4 is 15.8 Å². The molecule has 3 N–H and O–H groups in total. The standard InChI is InChI=1S/C24H32F2N6O4S/c1-16-11-19(29-23(27)28-16)21-17(13-32(30-21)22(25)26)12-24(2)6-4-3-5-20(24)36-9-7-31-8-10-37(34,35)15-18(33)14-31/h3-6,11,13,18,20,22,33H,7-10,12,14-15H2,1-2H3,(H2,27,28,29). The number of aliphatic hydroxyl groups is 1. The van der Waals surface area contributed by atoms with Crippen molar-refractivity contribution in [2.24, 2.45) is 5.41 Å². The van der Waals surface area contributed by atoms with Crippen LogP contribution in [0.25, 0.3) is 11.4 Å². The summed E-state index contributed by atoms with van der Waals surface area (Å²) >= 11 is 0. The van der Waals surface area contributed by atoms with E-state index in [4.69, 9.17) is 10.5 Å². The number of hydrogen-bond acceptors (Lipinski definition) is 9. The number of nitrogens with two attached hydrogens (primary N) is 1. The lowest BCUT2D eigenvalue weighted by Gasteiger charge is -2.35. The minimum atomic E-state index is -3.27. The van der Waals surface area contributed by atoms with Crippen LogP contribution < -0.4 is 5.73 Å². The monoisotopic (exact) mass is 538 g/mol. The first-order chi connectivity index (χ1) is 17.4. The van der Waals surface area contributed by atoms with E-state index in [-0.39, 0.29) is 30.1 Å². The normalized spacial score (nSPS) is 26.0. The molecular weight excluding hydrogens is 506 g/mol. The minimum absolute atomic E-state index is 0.00220. The van der Waals surface area contributed by atoms with Gasteiger partial charge in [-0.15, -0.1) is 0 Å². The lowest BCUT2D eigenvalue weighted by Crippen LogP contribution is -2.39. The molecule has 37 heavy (non-hydrogen) atoms. The third-order valence-electron chi connectivity index (χ3n) is 6.56. The van der Waals surface area contributed by atoms with Crippen LogP contribution in [0.3, 0.4) is 0 Å². The summed E-state index contributed by atoms with van der Waals surface area (Å²) in [5.41, 5.74) is 7.04. The van der Waals surface area contributed by atoms with Crippen molar-refractivity contribution in [1.82, 2.24) is 24.6 Å². The maximum atomic E-state index is 13.6. The zero-order valence-corrected chi connectivity index (χ0v) is 21.6. The fourth-order valence-electron chi connectivity index (χ4n) is 4.76. The van der Waals surface area contributed by atoms with E-state index < -0.39 is 27.9 Å². The molecule has 2 aromatic heterocycles. The van der Waals surface area contributed by atoms with Crippen molar-refractivity contribution in [2.45, 2.75) is 39.0 Å². The molecule has 3 heterocycles. The van der Waals surface area contributed by atoms with Crippen LogP contribution in [0.2, 0.25) is 0 Å². The molecule has 0 bridgehead atoms. The fourth-order valence-corrected chi connectivity index (χ4v) is 6.15. The Hall–Kier alpha value is -2.74. The Labute approximate surface area is 214 Å². The van der Waals surface area contributed by atoms with E-state index >= 15 is 0 Å². The molecule has 0 spiro atoms. The molecule has 3 unspecified atom stereocenters. The Balaban J connectivity index is 1.51. The van der Waals surface area contributed by atoms with Gasteiger partial charge in [0.25, 0.3) is 0 Å². The third kappa shape index (κ3) is 6.78. The maximum Gasteiger partial charge on any atom is 0.333 e. The number of aromatic nitrogens is 4. The molecule has 1 aliphatic heterocycles. The fraction of sp³-hybridized carbons (Fsp3) is 0.542. The SMILES string of the molecule is Cc1cc(-c2nn(C(F)F)cc2CC2(C)C=CC=CC2OCCN2CCS(=O)(=O)CC(O)C2)nc(N)n1. The number of hydrogen-bond donors (Lipinski definition) is 2. The van der Waals surface area contributed by atoms with Gasteiger partial charge in [-0.25, -0.2) is 23.1 Å². The van der Waals surface area contributed by atoms with Gasteiger partial charge in [0.2, 0.25) is 5.95 Å². The van der Waals surface area contributed by atoms with Gasteiger partial charge in [-0.05, 0) is 19.4 Å². The Morgan fingerprint density at radius 3 is 2.84 bits per heavy atom. The highest BCUT2D eigenvalue weighted by Gasteiger charge is 2.35. The second kappa shape index (κ2) is 10.9. The number of allylic oxidation sites excluding steroid dienone is 2. The van der Waals surface area contributed by atoms with Crippen molar-refractivity contribution in [3.63, 3.8) is 0 Å². The Kier molecular flexibility index (Phi) is 8.07. The Bertz CT molecular complexity index is 1260. The highest BCUT2D eigenvalue weighted by Crippen LogP contribution is 2.37. The molecule has 3 atom stereocenters. The number of β-amino-alcohol motifs (C(OH)–C–C–N with tert-alkyl or cyclic N) is 1. The lowest BCUT2D eigenvalue weighted by molar-refractivity contribution is 0.00469. The van der Waals surface area contributed by atoms with Crippen molar-refractivity contribution in [1.29, 1.82) is 0 Å². The molecule has 10 nitrogen and oxygen atoms in total. The zero-order chi connectivity index (χ0) is 26.8. The summed E-state index contributed by atoms with van der Waals surface area (Å²) in [6.07, 6.45) is 7.99. The molecule has 1 saturated heterocycles. The van der Waals surface area contributed by atoms with Gasteiger partial charge in [0.05, 0.1) is 36.0 Å². The first-order valence-electron chi connectivity index (χ1n) is 12.0. The molecule has 13 heteroatoms. The summed E-state index contributed by atoms with van der Waals surface area (Å²) in [6.45, 7) is 2.24. The molecule has 2 aliphatic rings. The molecule has 0 saturated carbocycles. The van der Waals surface area contributed by atoms with E-state index in [1.54, 1.807) is 13.0 Å². The number of alkyl halides is 2.